The zero-order chi connectivity index (χ0) is 47.9. The van der Waals surface area contributed by atoms with Crippen LogP contribution < -0.4 is 11.5 Å². The summed E-state index contributed by atoms with van der Waals surface area (Å²) in [6, 6.07) is 0. The molecular weight excluding hydrogens is 861 g/mol. The van der Waals surface area contributed by atoms with Gasteiger partial charge >= 0.3 is 0 Å². The Morgan fingerprint density at radius 3 is 1.52 bits per heavy atom. The second-order valence-electron chi connectivity index (χ2n) is 22.0. The molecule has 0 bridgehead atoms. The Balaban J connectivity index is 0.000000166. The number of rotatable bonds is 8. The molecule has 10 aliphatic rings. The zero-order valence-electron chi connectivity index (χ0n) is 39.0. The van der Waals surface area contributed by atoms with E-state index in [0.29, 0.717) is 36.8 Å². The summed E-state index contributed by atoms with van der Waals surface area (Å²) in [5.41, 5.74) is 0.994. The summed E-state index contributed by atoms with van der Waals surface area (Å²) >= 11 is 0. The number of carbonyl (C=O) groups excluding carboxylic acids is 3. The molecule has 8 aliphatic carbocycles. The Kier molecular flexibility index (Phi) is 11.5. The first-order chi connectivity index (χ1) is 31.0. The lowest BCUT2D eigenvalue weighted by atomic mass is 9.44. The van der Waals surface area contributed by atoms with E-state index in [1.165, 1.54) is 18.2 Å². The van der Waals surface area contributed by atoms with Crippen LogP contribution >= 0.6 is 0 Å². The van der Waals surface area contributed by atoms with Crippen molar-refractivity contribution < 1.29 is 61.1 Å². The third-order valence-corrected chi connectivity index (χ3v) is 19.2. The van der Waals surface area contributed by atoms with Gasteiger partial charge < -0.3 is 40.6 Å². The Labute approximate surface area is 384 Å². The molecule has 364 valence electrons. The van der Waals surface area contributed by atoms with Crippen LogP contribution in [-0.4, -0.2) is 113 Å². The quantitative estimate of drug-likeness (QED) is 0.197. The van der Waals surface area contributed by atoms with Crippen LogP contribution in [0.1, 0.15) is 106 Å². The summed E-state index contributed by atoms with van der Waals surface area (Å²) in [5.74, 6) is -3.54. The van der Waals surface area contributed by atoms with Gasteiger partial charge in [0, 0.05) is 33.5 Å². The third kappa shape index (κ3) is 5.80. The number of carbonyl (C=O) groups is 3. The Morgan fingerprint density at radius 1 is 0.697 bits per heavy atom. The van der Waals surface area contributed by atoms with E-state index < -0.39 is 117 Å². The first-order valence-electron chi connectivity index (χ1n) is 24.2. The SMILES string of the molecule is C=C1C=C[C@@]2(C)C(=C1)[C@@H](F)C[C@H]1[C@@H]3C[C@H]4O[C@H](CCC)O[C@@]4(C(=O)CN)[C@@]3(C)C[C@H](O)[C@@]12F.CCC[C@@H]1O[C@@H]2C[C@H]3[C@@H]4C[C@H](F)C5=CC(=O)C=C[C@]5(C)[C@@]4(F)[C@@H](O)C[C@]3(C)[C@]2(C(=O)CN)O1. The van der Waals surface area contributed by atoms with Crippen LogP contribution in [0.15, 0.2) is 59.8 Å². The number of hydrogen-bond donors (Lipinski definition) is 4. The number of nitrogens with two attached hydrogens (primary N) is 2. The maximum Gasteiger partial charge on any atom is 0.181 e. The molecule has 0 aromatic heterocycles. The first-order valence-corrected chi connectivity index (χ1v) is 24.2. The summed E-state index contributed by atoms with van der Waals surface area (Å²) in [6.07, 6.45) is 4.02. The van der Waals surface area contributed by atoms with Crippen molar-refractivity contribution in [3.8, 4) is 0 Å². The minimum atomic E-state index is -2.20. The van der Waals surface area contributed by atoms with Crippen LogP contribution in [0.2, 0.25) is 0 Å². The van der Waals surface area contributed by atoms with Gasteiger partial charge in [-0.25, -0.2) is 17.6 Å². The van der Waals surface area contributed by atoms with Crippen molar-refractivity contribution in [2.45, 2.75) is 178 Å². The van der Waals surface area contributed by atoms with Crippen molar-refractivity contribution >= 4 is 17.3 Å². The van der Waals surface area contributed by atoms with Gasteiger partial charge in [-0.1, -0.05) is 71.4 Å². The summed E-state index contributed by atoms with van der Waals surface area (Å²) in [5, 5.41) is 22.9. The van der Waals surface area contributed by atoms with Gasteiger partial charge in [0.25, 0.3) is 0 Å². The monoisotopic (exact) mass is 928 g/mol. The molecule has 0 spiro atoms. The Bertz CT molecular complexity index is 2050. The van der Waals surface area contributed by atoms with Gasteiger partial charge in [0.2, 0.25) is 0 Å². The molecule has 2 saturated heterocycles. The van der Waals surface area contributed by atoms with E-state index in [0.717, 1.165) is 12.8 Å². The summed E-state index contributed by atoms with van der Waals surface area (Å²) in [6.45, 7) is 14.3. The molecule has 8 fully saturated rings. The number of aliphatic hydroxyl groups is 2. The molecular formula is C51H68F4N2O9. The highest BCUT2D eigenvalue weighted by Gasteiger charge is 2.81. The molecule has 15 heteroatoms. The predicted octanol–water partition coefficient (Wildman–Crippen LogP) is 6.43. The van der Waals surface area contributed by atoms with E-state index in [1.54, 1.807) is 32.1 Å². The Morgan fingerprint density at radius 2 is 1.11 bits per heavy atom. The molecule has 11 nitrogen and oxygen atoms in total. The average Bonchev–Trinajstić information content (AvgIpc) is 3.96. The van der Waals surface area contributed by atoms with Crippen LogP contribution in [0.3, 0.4) is 0 Å². The first kappa shape index (κ1) is 48.1. The minimum absolute atomic E-state index is 0.0176. The second-order valence-corrected chi connectivity index (χ2v) is 22.0. The van der Waals surface area contributed by atoms with Gasteiger partial charge in [-0.2, -0.15) is 0 Å². The zero-order valence-corrected chi connectivity index (χ0v) is 39.0. The van der Waals surface area contributed by atoms with Gasteiger partial charge in [-0.05, 0) is 106 Å². The van der Waals surface area contributed by atoms with Gasteiger partial charge in [0.15, 0.2) is 52.5 Å². The van der Waals surface area contributed by atoms with Crippen molar-refractivity contribution in [1.82, 2.24) is 0 Å². The molecule has 0 unspecified atom stereocenters. The fourth-order valence-electron chi connectivity index (χ4n) is 16.1. The Hall–Kier alpha value is -2.89. The molecule has 0 aromatic carbocycles. The maximum atomic E-state index is 17.3. The molecule has 0 amide bonds. The molecule has 0 radical (unpaired) electrons. The number of aliphatic hydroxyl groups excluding tert-OH is 2. The number of alkyl halides is 4. The largest absolute Gasteiger partial charge is 0.390 e. The highest BCUT2D eigenvalue weighted by molar-refractivity contribution is 6.01. The molecule has 6 saturated carbocycles. The third-order valence-electron chi connectivity index (χ3n) is 19.2. The van der Waals surface area contributed by atoms with Crippen molar-refractivity contribution in [3.63, 3.8) is 0 Å². The molecule has 2 aliphatic heterocycles. The number of Topliss-reactive ketones (excluding diaryl/α,β-unsaturated/α-hetero) is 2. The number of ketones is 3. The predicted molar refractivity (Wildman–Crippen MR) is 235 cm³/mol. The van der Waals surface area contributed by atoms with Gasteiger partial charge in [0.05, 0.1) is 37.5 Å². The second kappa shape index (κ2) is 15.8. The van der Waals surface area contributed by atoms with Crippen LogP contribution in [0, 0.1) is 45.3 Å². The topological polar surface area (TPSA) is 181 Å². The lowest BCUT2D eigenvalue weighted by molar-refractivity contribution is -0.233. The number of fused-ring (bicyclic) bond motifs is 14. The molecule has 2 heterocycles. The molecule has 66 heavy (non-hydrogen) atoms. The minimum Gasteiger partial charge on any atom is -0.390 e. The molecule has 0 aromatic rings. The van der Waals surface area contributed by atoms with E-state index in [9.17, 15) is 24.6 Å². The van der Waals surface area contributed by atoms with Crippen LogP contribution in [-0.2, 0) is 33.3 Å². The smallest absolute Gasteiger partial charge is 0.181 e. The van der Waals surface area contributed by atoms with E-state index in [2.05, 4.69) is 6.58 Å². The highest BCUT2D eigenvalue weighted by atomic mass is 19.2. The summed E-state index contributed by atoms with van der Waals surface area (Å²) < 4.78 is 90.7. The average molecular weight is 929 g/mol. The van der Waals surface area contributed by atoms with E-state index in [1.807, 2.05) is 27.7 Å². The van der Waals surface area contributed by atoms with Crippen molar-refractivity contribution in [2.75, 3.05) is 13.1 Å². The van der Waals surface area contributed by atoms with Crippen LogP contribution in [0.4, 0.5) is 17.6 Å². The molecule has 20 atom stereocenters. The highest BCUT2D eigenvalue weighted by Crippen LogP contribution is 2.74. The van der Waals surface area contributed by atoms with Crippen molar-refractivity contribution in [1.29, 1.82) is 0 Å². The number of ether oxygens (including phenoxy) is 4. The number of halogens is 4. The molecule has 10 rings (SSSR count). The fraction of sp³-hybridized carbons (Fsp3) is 0.745. The van der Waals surface area contributed by atoms with E-state index >= 15 is 17.6 Å². The van der Waals surface area contributed by atoms with Crippen molar-refractivity contribution in [2.24, 2.45) is 56.8 Å². The van der Waals surface area contributed by atoms with E-state index in [4.69, 9.17) is 30.4 Å². The van der Waals surface area contributed by atoms with Crippen LogP contribution in [0.5, 0.6) is 0 Å². The summed E-state index contributed by atoms with van der Waals surface area (Å²) in [7, 11) is 0. The molecule has 6 N–H and O–H groups in total. The standard InChI is InChI=1S/C26H35F2NO4.C25H33F2NO5/c1-5-6-22-32-21-11-15-16-10-18(27)17-9-14(2)7-8-23(17,3)25(16,28)19(30)12-24(15,4)26(21,33-22)20(31)13-29;1-4-5-21-32-20-10-14-15-9-17(26)16-8-13(29)6-7-22(16,2)24(15,27)18(30)11-23(14,3)25(20,33-21)19(31)12-28/h7-9,15-16,18-19,21-22,30H,2,5-6,10-13,29H2,1,3-4H3;6-8,14-15,17-18,20-21,30H,4-5,9-12,28H2,1-3H3/t15-,16-,18-,19-,21+,22-,23-,24-,25-,26+;14-,15-,17-,18-,20+,21+,22-,23-,24-,25+/m00/s1. The fourth-order valence-corrected chi connectivity index (χ4v) is 16.1. The van der Waals surface area contributed by atoms with Gasteiger partial charge in [-0.3, -0.25) is 14.4 Å². The summed E-state index contributed by atoms with van der Waals surface area (Å²) in [4.78, 5) is 38.6. The number of allylic oxidation sites excluding steroid dienone is 9. The maximum absolute atomic E-state index is 17.3. The van der Waals surface area contributed by atoms with Gasteiger partial charge in [-0.15, -0.1) is 0 Å². The number of hydrogen-bond acceptors (Lipinski definition) is 11. The van der Waals surface area contributed by atoms with Crippen LogP contribution in [0.25, 0.3) is 0 Å². The van der Waals surface area contributed by atoms with E-state index in [-0.39, 0.29) is 61.7 Å². The lowest BCUT2D eigenvalue weighted by Gasteiger charge is -2.63. The van der Waals surface area contributed by atoms with Crippen molar-refractivity contribution in [3.05, 3.63) is 59.8 Å². The van der Waals surface area contributed by atoms with Gasteiger partial charge in [0.1, 0.15) is 12.3 Å². The normalized spacial score (nSPS) is 52.6. The lowest BCUT2D eigenvalue weighted by Crippen LogP contribution is -2.71.